The standard InChI is InChI=1S/C16H17N3O4/c20-13(18-23)6-7-17-16(22)15(21)12-9-19-8-2-4-10-3-1-5-11(12)14(10)19/h1,3,5,9,23H,2,4,6-8H2,(H,17,22)(H,18,20). The molecule has 0 spiro atoms. The van der Waals surface area contributed by atoms with Crippen molar-refractivity contribution in [1.82, 2.24) is 15.4 Å². The minimum Gasteiger partial charge on any atom is -0.349 e. The van der Waals surface area contributed by atoms with Crippen LogP contribution in [0.1, 0.15) is 28.8 Å². The zero-order valence-electron chi connectivity index (χ0n) is 12.5. The summed E-state index contributed by atoms with van der Waals surface area (Å²) in [4.78, 5) is 35.3. The molecule has 7 nitrogen and oxygen atoms in total. The van der Waals surface area contributed by atoms with Gasteiger partial charge in [-0.2, -0.15) is 0 Å². The van der Waals surface area contributed by atoms with Crippen LogP contribution in [0.3, 0.4) is 0 Å². The Hall–Kier alpha value is -2.67. The third-order valence-electron chi connectivity index (χ3n) is 4.04. The molecule has 0 saturated heterocycles. The number of nitrogens with one attached hydrogen (secondary N) is 2. The maximum Gasteiger partial charge on any atom is 0.292 e. The molecular weight excluding hydrogens is 298 g/mol. The number of aromatic nitrogens is 1. The van der Waals surface area contributed by atoms with E-state index in [4.69, 9.17) is 5.21 Å². The summed E-state index contributed by atoms with van der Waals surface area (Å²) >= 11 is 0. The van der Waals surface area contributed by atoms with Gasteiger partial charge in [-0.25, -0.2) is 5.48 Å². The third kappa shape index (κ3) is 2.83. The maximum atomic E-state index is 12.4. The molecule has 0 unspecified atom stereocenters. The number of ketones is 1. The van der Waals surface area contributed by atoms with E-state index < -0.39 is 17.6 Å². The van der Waals surface area contributed by atoms with Crippen molar-refractivity contribution in [3.63, 3.8) is 0 Å². The predicted molar refractivity (Wildman–Crippen MR) is 82.1 cm³/mol. The highest BCUT2D eigenvalue weighted by Gasteiger charge is 2.23. The van der Waals surface area contributed by atoms with E-state index in [2.05, 4.69) is 5.32 Å². The molecule has 23 heavy (non-hydrogen) atoms. The molecule has 3 rings (SSSR count). The van der Waals surface area contributed by atoms with Gasteiger partial charge in [-0.1, -0.05) is 18.2 Å². The Kier molecular flexibility index (Phi) is 4.12. The summed E-state index contributed by atoms with van der Waals surface area (Å²) in [6, 6.07) is 5.79. The van der Waals surface area contributed by atoms with Crippen LogP contribution in [0.5, 0.6) is 0 Å². The lowest BCUT2D eigenvalue weighted by Crippen LogP contribution is -2.34. The number of benzene rings is 1. The fraction of sp³-hybridized carbons (Fsp3) is 0.312. The van der Waals surface area contributed by atoms with Crippen LogP contribution in [0.4, 0.5) is 0 Å². The van der Waals surface area contributed by atoms with Crippen LogP contribution >= 0.6 is 0 Å². The average Bonchev–Trinajstić information content (AvgIpc) is 2.95. The Morgan fingerprint density at radius 3 is 2.87 bits per heavy atom. The number of hydroxylamine groups is 1. The van der Waals surface area contributed by atoms with Crippen molar-refractivity contribution in [3.8, 4) is 0 Å². The van der Waals surface area contributed by atoms with Gasteiger partial charge in [-0.15, -0.1) is 0 Å². The number of carbonyl (C=O) groups is 3. The fourth-order valence-corrected chi connectivity index (χ4v) is 2.98. The van der Waals surface area contributed by atoms with Crippen molar-refractivity contribution < 1.29 is 19.6 Å². The molecule has 2 aromatic rings. The first-order valence-corrected chi connectivity index (χ1v) is 7.48. The summed E-state index contributed by atoms with van der Waals surface area (Å²) in [5.74, 6) is -1.98. The topological polar surface area (TPSA) is 100 Å². The normalized spacial score (nSPS) is 12.9. The number of para-hydroxylation sites is 1. The number of rotatable bonds is 5. The second kappa shape index (κ2) is 6.21. The molecule has 0 bridgehead atoms. The van der Waals surface area contributed by atoms with Crippen LogP contribution in [0.2, 0.25) is 0 Å². The lowest BCUT2D eigenvalue weighted by molar-refractivity contribution is -0.129. The smallest absolute Gasteiger partial charge is 0.292 e. The van der Waals surface area contributed by atoms with Crippen molar-refractivity contribution in [3.05, 3.63) is 35.5 Å². The van der Waals surface area contributed by atoms with E-state index in [-0.39, 0.29) is 13.0 Å². The van der Waals surface area contributed by atoms with Crippen LogP contribution in [0.25, 0.3) is 10.9 Å². The summed E-state index contributed by atoms with van der Waals surface area (Å²) in [6.07, 6.45) is 3.62. The largest absolute Gasteiger partial charge is 0.349 e. The van der Waals surface area contributed by atoms with E-state index in [1.807, 2.05) is 22.8 Å². The highest BCUT2D eigenvalue weighted by atomic mass is 16.5. The van der Waals surface area contributed by atoms with Crippen molar-refractivity contribution in [2.45, 2.75) is 25.8 Å². The highest BCUT2D eigenvalue weighted by molar-refractivity contribution is 6.45. The van der Waals surface area contributed by atoms with Gasteiger partial charge in [0.2, 0.25) is 5.91 Å². The SMILES string of the molecule is O=C(CCNC(=O)C(=O)c1cn2c3c(cccc13)CCC2)NO. The molecule has 1 aromatic heterocycles. The van der Waals surface area contributed by atoms with Gasteiger partial charge in [0.25, 0.3) is 11.7 Å². The van der Waals surface area contributed by atoms with Gasteiger partial charge in [0, 0.05) is 31.1 Å². The molecule has 0 atom stereocenters. The van der Waals surface area contributed by atoms with E-state index >= 15 is 0 Å². The molecule has 1 aromatic carbocycles. The van der Waals surface area contributed by atoms with Crippen molar-refractivity contribution in [2.24, 2.45) is 0 Å². The quantitative estimate of drug-likeness (QED) is 0.328. The zero-order chi connectivity index (χ0) is 16.4. The van der Waals surface area contributed by atoms with Gasteiger partial charge in [0.05, 0.1) is 11.1 Å². The molecule has 0 aliphatic carbocycles. The van der Waals surface area contributed by atoms with E-state index in [1.54, 1.807) is 6.20 Å². The second-order valence-corrected chi connectivity index (χ2v) is 5.52. The zero-order valence-corrected chi connectivity index (χ0v) is 12.5. The summed E-state index contributed by atoms with van der Waals surface area (Å²) in [5, 5.41) is 11.6. The molecular formula is C16H17N3O4. The van der Waals surface area contributed by atoms with E-state index in [0.717, 1.165) is 30.3 Å². The first-order valence-electron chi connectivity index (χ1n) is 7.48. The lowest BCUT2D eigenvalue weighted by Gasteiger charge is -2.14. The number of nitrogens with zero attached hydrogens (tertiary/aromatic N) is 1. The van der Waals surface area contributed by atoms with Crippen LogP contribution in [0.15, 0.2) is 24.4 Å². The third-order valence-corrected chi connectivity index (χ3v) is 4.04. The summed E-state index contributed by atoms with van der Waals surface area (Å²) in [5.41, 5.74) is 4.06. The number of amides is 2. The van der Waals surface area contributed by atoms with E-state index in [9.17, 15) is 14.4 Å². The van der Waals surface area contributed by atoms with Crippen molar-refractivity contribution in [1.29, 1.82) is 0 Å². The second-order valence-electron chi connectivity index (χ2n) is 5.52. The Balaban J connectivity index is 1.81. The first kappa shape index (κ1) is 15.2. The number of hydrogen-bond donors (Lipinski definition) is 3. The van der Waals surface area contributed by atoms with E-state index in [0.29, 0.717) is 5.56 Å². The monoisotopic (exact) mass is 315 g/mol. The summed E-state index contributed by atoms with van der Waals surface area (Å²) in [7, 11) is 0. The molecule has 2 amide bonds. The Bertz CT molecular complexity index is 794. The van der Waals surface area contributed by atoms with Crippen LogP contribution in [-0.4, -0.2) is 33.9 Å². The first-order chi connectivity index (χ1) is 11.1. The lowest BCUT2D eigenvalue weighted by atomic mass is 10.0. The van der Waals surface area contributed by atoms with Gasteiger partial charge >= 0.3 is 0 Å². The highest BCUT2D eigenvalue weighted by Crippen LogP contribution is 2.29. The summed E-state index contributed by atoms with van der Waals surface area (Å²) < 4.78 is 2.02. The number of Topliss-reactive ketones (excluding diaryl/α,β-unsaturated/α-hetero) is 1. The molecule has 0 saturated carbocycles. The number of aryl methyl sites for hydroxylation is 2. The number of carbonyl (C=O) groups excluding carboxylic acids is 3. The van der Waals surface area contributed by atoms with Crippen molar-refractivity contribution in [2.75, 3.05) is 6.54 Å². The molecule has 1 aliphatic rings. The van der Waals surface area contributed by atoms with Crippen LogP contribution < -0.4 is 10.8 Å². The van der Waals surface area contributed by atoms with Gasteiger partial charge in [0.1, 0.15) is 0 Å². The minimum absolute atomic E-state index is 0.0130. The minimum atomic E-state index is -0.751. The van der Waals surface area contributed by atoms with E-state index in [1.165, 1.54) is 11.0 Å². The Morgan fingerprint density at radius 1 is 1.26 bits per heavy atom. The molecule has 7 heteroatoms. The van der Waals surface area contributed by atoms with Gasteiger partial charge in [-0.3, -0.25) is 19.6 Å². The van der Waals surface area contributed by atoms with Gasteiger partial charge in [-0.05, 0) is 18.4 Å². The predicted octanol–water partition coefficient (Wildman–Crippen LogP) is 0.782. The van der Waals surface area contributed by atoms with Crippen LogP contribution in [0, 0.1) is 0 Å². The molecule has 0 fully saturated rings. The summed E-state index contributed by atoms with van der Waals surface area (Å²) in [6.45, 7) is 0.819. The fourth-order valence-electron chi connectivity index (χ4n) is 2.98. The number of hydrogen-bond acceptors (Lipinski definition) is 4. The Labute approximate surface area is 132 Å². The molecule has 2 heterocycles. The molecule has 3 N–H and O–H groups in total. The average molecular weight is 315 g/mol. The molecule has 120 valence electrons. The van der Waals surface area contributed by atoms with Crippen LogP contribution in [-0.2, 0) is 22.6 Å². The molecule has 1 aliphatic heterocycles. The van der Waals surface area contributed by atoms with Gasteiger partial charge in [0.15, 0.2) is 0 Å². The van der Waals surface area contributed by atoms with Gasteiger partial charge < -0.3 is 9.88 Å². The Morgan fingerprint density at radius 2 is 2.09 bits per heavy atom. The maximum absolute atomic E-state index is 12.4. The molecule has 0 radical (unpaired) electrons. The van der Waals surface area contributed by atoms with Crippen molar-refractivity contribution >= 4 is 28.5 Å².